The molecule has 0 aliphatic carbocycles. The number of nitrogens with two attached hydrogens (primary N) is 1. The Hall–Kier alpha value is -4.50. The van der Waals surface area contributed by atoms with Gasteiger partial charge in [0.15, 0.2) is 0 Å². The van der Waals surface area contributed by atoms with Crippen LogP contribution in [0.15, 0.2) is 94.9 Å². The predicted molar refractivity (Wildman–Crippen MR) is 151 cm³/mol. The normalized spacial score (nSPS) is 15.2. The van der Waals surface area contributed by atoms with Crippen LogP contribution in [-0.2, 0) is 19.6 Å². The number of nitriles is 1. The fourth-order valence-corrected chi connectivity index (χ4v) is 6.00. The molecule has 2 amide bonds. The van der Waals surface area contributed by atoms with Crippen molar-refractivity contribution in [2.24, 2.45) is 5.14 Å². The number of hydrogen-bond acceptors (Lipinski definition) is 8. The van der Waals surface area contributed by atoms with Crippen LogP contribution < -0.4 is 14.8 Å². The first-order valence-electron chi connectivity index (χ1n) is 12.0. The molecule has 2 heterocycles. The number of thioether (sulfide) groups is 1. The molecule has 0 radical (unpaired) electrons. The molecule has 3 aromatic carbocycles. The number of amides is 2. The quantitative estimate of drug-likeness (QED) is 0.323. The fraction of sp³-hybridized carbons (Fsp3) is 0.103. The summed E-state index contributed by atoms with van der Waals surface area (Å²) in [5.74, 6) is -0.263. The van der Waals surface area contributed by atoms with Gasteiger partial charge in [0.1, 0.15) is 16.8 Å². The average Bonchev–Trinajstić information content (AvgIpc) is 3.24. The lowest BCUT2D eigenvalue weighted by Gasteiger charge is -2.16. The second-order valence-electron chi connectivity index (χ2n) is 8.86. The van der Waals surface area contributed by atoms with E-state index in [0.29, 0.717) is 22.0 Å². The third kappa shape index (κ3) is 5.33. The van der Waals surface area contributed by atoms with Gasteiger partial charge in [0.2, 0.25) is 21.8 Å². The van der Waals surface area contributed by atoms with Crippen molar-refractivity contribution in [3.63, 3.8) is 0 Å². The Labute approximate surface area is 235 Å². The number of methoxy groups -OCH3 is 1. The highest BCUT2D eigenvalue weighted by Crippen LogP contribution is 2.39. The Morgan fingerprint density at radius 2 is 1.68 bits per heavy atom. The Balaban J connectivity index is 1.53. The van der Waals surface area contributed by atoms with E-state index in [0.717, 1.165) is 27.8 Å². The van der Waals surface area contributed by atoms with Gasteiger partial charge in [-0.2, -0.15) is 5.26 Å². The Bertz CT molecular complexity index is 1750. The zero-order valence-electron chi connectivity index (χ0n) is 21.1. The maximum atomic E-state index is 13.4. The van der Waals surface area contributed by atoms with Crippen LogP contribution >= 0.6 is 11.8 Å². The summed E-state index contributed by atoms with van der Waals surface area (Å²) in [5.41, 5.74) is 3.36. The Morgan fingerprint density at radius 1 is 1.00 bits per heavy atom. The van der Waals surface area contributed by atoms with Crippen molar-refractivity contribution < 1.29 is 22.7 Å². The molecule has 5 rings (SSSR count). The van der Waals surface area contributed by atoms with E-state index in [1.807, 2.05) is 48.5 Å². The van der Waals surface area contributed by atoms with Crippen molar-refractivity contribution in [1.29, 1.82) is 5.26 Å². The number of ether oxygens (including phenoxy) is 1. The van der Waals surface area contributed by atoms with Gasteiger partial charge in [0.05, 0.1) is 34.2 Å². The number of benzene rings is 3. The summed E-state index contributed by atoms with van der Waals surface area (Å²) in [6.45, 7) is 0. The lowest BCUT2D eigenvalue weighted by molar-refractivity contribution is -0.121. The van der Waals surface area contributed by atoms with Crippen molar-refractivity contribution in [3.8, 4) is 34.2 Å². The number of carbonyl (C=O) groups is 2. The van der Waals surface area contributed by atoms with E-state index < -0.39 is 27.1 Å². The van der Waals surface area contributed by atoms with E-state index in [1.165, 1.54) is 24.3 Å². The number of carbonyl (C=O) groups excluding carboxylic acids is 2. The fourth-order valence-electron chi connectivity index (χ4n) is 4.36. The van der Waals surface area contributed by atoms with E-state index >= 15 is 0 Å². The summed E-state index contributed by atoms with van der Waals surface area (Å²) in [6.07, 6.45) is -0.111. The third-order valence-corrected chi connectivity index (χ3v) is 8.45. The minimum absolute atomic E-state index is 0.111. The molecule has 40 heavy (non-hydrogen) atoms. The molecule has 1 atom stereocenters. The zero-order valence-corrected chi connectivity index (χ0v) is 22.8. The molecule has 1 fully saturated rings. The number of imide groups is 1. The predicted octanol–water partition coefficient (Wildman–Crippen LogP) is 4.37. The van der Waals surface area contributed by atoms with Crippen molar-refractivity contribution in [2.45, 2.75) is 21.6 Å². The van der Waals surface area contributed by atoms with Crippen LogP contribution in [0.5, 0.6) is 5.75 Å². The first-order valence-corrected chi connectivity index (χ1v) is 14.4. The van der Waals surface area contributed by atoms with E-state index in [2.05, 4.69) is 6.07 Å². The summed E-state index contributed by atoms with van der Waals surface area (Å²) in [4.78, 5) is 31.9. The number of aromatic nitrogens is 1. The van der Waals surface area contributed by atoms with Crippen LogP contribution in [0.1, 0.15) is 12.0 Å². The molecule has 1 aliphatic rings. The molecule has 11 heteroatoms. The van der Waals surface area contributed by atoms with Crippen molar-refractivity contribution in [2.75, 3.05) is 12.0 Å². The Morgan fingerprint density at radius 3 is 2.27 bits per heavy atom. The van der Waals surface area contributed by atoms with E-state index in [4.69, 9.17) is 14.9 Å². The topological polar surface area (TPSA) is 143 Å². The first-order chi connectivity index (χ1) is 19.2. The highest BCUT2D eigenvalue weighted by atomic mass is 32.2. The number of hydrogen-bond donors (Lipinski definition) is 1. The molecule has 2 N–H and O–H groups in total. The molecule has 1 unspecified atom stereocenters. The van der Waals surface area contributed by atoms with Crippen LogP contribution in [0, 0.1) is 11.3 Å². The first kappa shape index (κ1) is 27.1. The van der Waals surface area contributed by atoms with Crippen LogP contribution in [0.4, 0.5) is 5.69 Å². The van der Waals surface area contributed by atoms with Gasteiger partial charge in [0.25, 0.3) is 0 Å². The maximum absolute atomic E-state index is 13.4. The largest absolute Gasteiger partial charge is 0.497 e. The number of anilines is 1. The molecule has 9 nitrogen and oxygen atoms in total. The number of nitrogens with zero attached hydrogens (tertiary/aromatic N) is 3. The lowest BCUT2D eigenvalue weighted by atomic mass is 9.99. The summed E-state index contributed by atoms with van der Waals surface area (Å²) >= 11 is 1.06. The summed E-state index contributed by atoms with van der Waals surface area (Å²) in [5, 5.41) is 14.8. The van der Waals surface area contributed by atoms with E-state index in [1.54, 1.807) is 19.2 Å². The molecule has 1 aromatic heterocycles. The molecular weight excluding hydrogens is 548 g/mol. The second-order valence-corrected chi connectivity index (χ2v) is 11.6. The monoisotopic (exact) mass is 570 g/mol. The minimum Gasteiger partial charge on any atom is -0.497 e. The van der Waals surface area contributed by atoms with Crippen LogP contribution in [0.25, 0.3) is 22.4 Å². The number of rotatable bonds is 7. The van der Waals surface area contributed by atoms with Gasteiger partial charge in [-0.15, -0.1) is 0 Å². The lowest BCUT2D eigenvalue weighted by Crippen LogP contribution is -2.31. The molecule has 0 bridgehead atoms. The van der Waals surface area contributed by atoms with E-state index in [-0.39, 0.29) is 22.6 Å². The van der Waals surface area contributed by atoms with Gasteiger partial charge in [-0.1, -0.05) is 54.2 Å². The average molecular weight is 571 g/mol. The maximum Gasteiger partial charge on any atom is 0.247 e. The van der Waals surface area contributed by atoms with Crippen molar-refractivity contribution >= 4 is 39.3 Å². The zero-order chi connectivity index (χ0) is 28.4. The van der Waals surface area contributed by atoms with Crippen LogP contribution in [0.3, 0.4) is 0 Å². The standard InChI is InChI=1S/C29H22N4O5S2/c1-38-21-11-7-18(8-12-21)23-15-25(19-5-3-2-4-6-19)32-28(24(23)17-30)39-26-16-27(34)33(29(26)35)20-9-13-22(14-10-20)40(31,36)37/h2-15,26H,16H2,1H3,(H2,31,36,37). The number of sulfonamides is 1. The SMILES string of the molecule is COc1ccc(-c2cc(-c3ccccc3)nc(SC3CC(=O)N(c4ccc(S(N)(=O)=O)cc4)C3=O)c2C#N)cc1. The Kier molecular flexibility index (Phi) is 7.40. The summed E-state index contributed by atoms with van der Waals surface area (Å²) in [7, 11) is -2.35. The minimum atomic E-state index is -3.93. The molecular formula is C29H22N4O5S2. The van der Waals surface area contributed by atoms with Gasteiger partial charge < -0.3 is 4.74 Å². The van der Waals surface area contributed by atoms with Gasteiger partial charge in [-0.05, 0) is 48.0 Å². The van der Waals surface area contributed by atoms with Gasteiger partial charge >= 0.3 is 0 Å². The molecule has 200 valence electrons. The van der Waals surface area contributed by atoms with Gasteiger partial charge in [-0.25, -0.2) is 23.4 Å². The van der Waals surface area contributed by atoms with Gasteiger partial charge in [-0.3, -0.25) is 9.59 Å². The number of pyridine rings is 1. The molecule has 1 saturated heterocycles. The summed E-state index contributed by atoms with van der Waals surface area (Å²) < 4.78 is 28.4. The number of primary sulfonamides is 1. The molecule has 4 aromatic rings. The highest BCUT2D eigenvalue weighted by Gasteiger charge is 2.41. The van der Waals surface area contributed by atoms with Crippen LogP contribution in [-0.4, -0.2) is 37.6 Å². The third-order valence-electron chi connectivity index (χ3n) is 6.35. The van der Waals surface area contributed by atoms with Gasteiger partial charge in [0, 0.05) is 17.5 Å². The molecule has 0 spiro atoms. The summed E-state index contributed by atoms with van der Waals surface area (Å²) in [6, 6.07) is 26.0. The van der Waals surface area contributed by atoms with Crippen molar-refractivity contribution in [1.82, 2.24) is 4.98 Å². The highest BCUT2D eigenvalue weighted by molar-refractivity contribution is 8.00. The van der Waals surface area contributed by atoms with Crippen molar-refractivity contribution in [3.05, 3.63) is 90.5 Å². The smallest absolute Gasteiger partial charge is 0.247 e. The van der Waals surface area contributed by atoms with E-state index in [9.17, 15) is 23.3 Å². The van der Waals surface area contributed by atoms with Crippen LogP contribution in [0.2, 0.25) is 0 Å². The molecule has 1 aliphatic heterocycles. The molecule has 0 saturated carbocycles. The second kappa shape index (κ2) is 10.9.